The average Bonchev–Trinajstić information content (AvgIpc) is 2.56. The van der Waals surface area contributed by atoms with Gasteiger partial charge in [-0.15, -0.1) is 0 Å². The number of aromatic nitrogens is 2. The molecule has 0 spiro atoms. The number of anilines is 1. The third kappa shape index (κ3) is 3.21. The smallest absolute Gasteiger partial charge is 0.332 e. The topological polar surface area (TPSA) is 96.9 Å². The zero-order valence-electron chi connectivity index (χ0n) is 12.9. The van der Waals surface area contributed by atoms with Crippen LogP contribution in [0, 0.1) is 11.3 Å². The predicted octanol–water partition coefficient (Wildman–Crippen LogP) is 0.792. The lowest BCUT2D eigenvalue weighted by atomic mass is 10.1. The van der Waals surface area contributed by atoms with Crippen molar-refractivity contribution in [3.8, 4) is 6.07 Å². The number of hydrogen-bond donors (Lipinski definition) is 1. The van der Waals surface area contributed by atoms with Crippen molar-refractivity contribution in [2.75, 3.05) is 5.32 Å². The molecule has 0 fully saturated rings. The summed E-state index contributed by atoms with van der Waals surface area (Å²) in [5.41, 5.74) is -0.491. The monoisotopic (exact) mass is 312 g/mol. The molecule has 2 rings (SSSR count). The van der Waals surface area contributed by atoms with Crippen LogP contribution in [0.4, 0.5) is 5.82 Å². The average molecular weight is 312 g/mol. The van der Waals surface area contributed by atoms with Crippen molar-refractivity contribution in [3.63, 3.8) is 0 Å². The molecule has 1 aromatic heterocycles. The van der Waals surface area contributed by atoms with Crippen LogP contribution in [0.1, 0.15) is 22.3 Å². The second kappa shape index (κ2) is 6.75. The molecular formula is C16H16N4O3. The molecule has 23 heavy (non-hydrogen) atoms. The molecule has 0 aliphatic rings. The summed E-state index contributed by atoms with van der Waals surface area (Å²) in [7, 11) is 2.77. The molecule has 7 nitrogen and oxygen atoms in total. The van der Waals surface area contributed by atoms with E-state index < -0.39 is 23.5 Å². The molecule has 7 heteroatoms. The third-order valence-electron chi connectivity index (χ3n) is 3.49. The Morgan fingerprint density at radius 2 is 1.83 bits per heavy atom. The van der Waals surface area contributed by atoms with E-state index in [0.29, 0.717) is 6.54 Å². The van der Waals surface area contributed by atoms with E-state index in [1.165, 1.54) is 18.7 Å². The highest BCUT2D eigenvalue weighted by atomic mass is 16.2. The van der Waals surface area contributed by atoms with Crippen LogP contribution in [0.25, 0.3) is 0 Å². The van der Waals surface area contributed by atoms with E-state index in [1.54, 1.807) is 6.07 Å². The summed E-state index contributed by atoms with van der Waals surface area (Å²) in [6.07, 6.45) is -0.423. The Morgan fingerprint density at radius 1 is 1.17 bits per heavy atom. The second-order valence-electron chi connectivity index (χ2n) is 5.03. The normalized spacial score (nSPS) is 10.1. The summed E-state index contributed by atoms with van der Waals surface area (Å²) in [5.74, 6) is -0.485. The molecule has 0 aliphatic heterocycles. The second-order valence-corrected chi connectivity index (χ2v) is 5.03. The summed E-state index contributed by atoms with van der Waals surface area (Å²) < 4.78 is 2.06. The molecule has 1 N–H and O–H groups in total. The lowest BCUT2D eigenvalue weighted by Gasteiger charge is -2.15. The van der Waals surface area contributed by atoms with Gasteiger partial charge in [0.2, 0.25) is 0 Å². The van der Waals surface area contributed by atoms with Crippen LogP contribution >= 0.6 is 0 Å². The number of Topliss-reactive ketones (excluding diaryl/α,β-unsaturated/α-hetero) is 1. The Hall–Kier alpha value is -3.14. The van der Waals surface area contributed by atoms with Gasteiger partial charge in [-0.1, -0.05) is 30.3 Å². The van der Waals surface area contributed by atoms with E-state index in [9.17, 15) is 14.4 Å². The van der Waals surface area contributed by atoms with E-state index in [0.717, 1.165) is 10.1 Å². The van der Waals surface area contributed by atoms with Crippen molar-refractivity contribution in [1.82, 2.24) is 9.13 Å². The van der Waals surface area contributed by atoms with Gasteiger partial charge in [-0.05, 0) is 5.56 Å². The number of rotatable bonds is 5. The van der Waals surface area contributed by atoms with Crippen molar-refractivity contribution in [2.24, 2.45) is 14.1 Å². The van der Waals surface area contributed by atoms with Gasteiger partial charge in [0.15, 0.2) is 5.78 Å². The standard InChI is InChI=1S/C16H16N4O3/c1-19-14(18-10-11-6-4-3-5-7-11)13(12(21)8-9-17)15(22)20(2)16(19)23/h3-7,18H,8,10H2,1-2H3. The van der Waals surface area contributed by atoms with Gasteiger partial charge in [0, 0.05) is 20.6 Å². The lowest BCUT2D eigenvalue weighted by Crippen LogP contribution is -2.41. The fraction of sp³-hybridized carbons (Fsp3) is 0.250. The number of nitrogens with one attached hydrogen (secondary N) is 1. The molecule has 1 aromatic carbocycles. The molecule has 0 amide bonds. The molecule has 0 saturated carbocycles. The van der Waals surface area contributed by atoms with Gasteiger partial charge in [0.05, 0.1) is 12.5 Å². The molecule has 0 radical (unpaired) electrons. The Labute approximate surface area is 132 Å². The zero-order chi connectivity index (χ0) is 17.0. The minimum absolute atomic E-state index is 0.127. The van der Waals surface area contributed by atoms with Crippen LogP contribution < -0.4 is 16.6 Å². The van der Waals surface area contributed by atoms with Gasteiger partial charge in [-0.25, -0.2) is 4.79 Å². The maximum absolute atomic E-state index is 12.3. The van der Waals surface area contributed by atoms with E-state index in [-0.39, 0.29) is 11.4 Å². The van der Waals surface area contributed by atoms with Gasteiger partial charge >= 0.3 is 5.69 Å². The molecule has 0 aliphatic carbocycles. The SMILES string of the molecule is Cn1c(NCc2ccccc2)c(C(=O)CC#N)c(=O)n(C)c1=O. The number of ketones is 1. The first-order valence-corrected chi connectivity index (χ1v) is 6.95. The Bertz CT molecular complexity index is 889. The highest BCUT2D eigenvalue weighted by molar-refractivity contribution is 6.01. The van der Waals surface area contributed by atoms with Crippen molar-refractivity contribution in [3.05, 3.63) is 62.3 Å². The number of hydrogen-bond acceptors (Lipinski definition) is 5. The third-order valence-corrected chi connectivity index (χ3v) is 3.49. The molecule has 2 aromatic rings. The summed E-state index contributed by atoms with van der Waals surface area (Å²) >= 11 is 0. The maximum atomic E-state index is 12.3. The summed E-state index contributed by atoms with van der Waals surface area (Å²) in [6, 6.07) is 11.1. The van der Waals surface area contributed by atoms with Gasteiger partial charge in [0.1, 0.15) is 11.4 Å². The first-order chi connectivity index (χ1) is 11.0. The summed E-state index contributed by atoms with van der Waals surface area (Å²) in [4.78, 5) is 36.5. The van der Waals surface area contributed by atoms with E-state index in [1.807, 2.05) is 30.3 Å². The molecular weight excluding hydrogens is 296 g/mol. The van der Waals surface area contributed by atoms with Crippen LogP contribution in [-0.4, -0.2) is 14.9 Å². The van der Waals surface area contributed by atoms with Crippen molar-refractivity contribution in [1.29, 1.82) is 5.26 Å². The molecule has 0 bridgehead atoms. The maximum Gasteiger partial charge on any atom is 0.332 e. The van der Waals surface area contributed by atoms with Crippen LogP contribution in [0.5, 0.6) is 0 Å². The zero-order valence-corrected chi connectivity index (χ0v) is 12.9. The van der Waals surface area contributed by atoms with E-state index in [2.05, 4.69) is 5.32 Å². The summed E-state index contributed by atoms with van der Waals surface area (Å²) in [6.45, 7) is 0.341. The fourth-order valence-corrected chi connectivity index (χ4v) is 2.24. The van der Waals surface area contributed by atoms with Crippen molar-refractivity contribution in [2.45, 2.75) is 13.0 Å². The molecule has 0 atom stereocenters. The fourth-order valence-electron chi connectivity index (χ4n) is 2.24. The van der Waals surface area contributed by atoms with E-state index >= 15 is 0 Å². The number of nitrogens with zero attached hydrogens (tertiary/aromatic N) is 3. The van der Waals surface area contributed by atoms with Crippen LogP contribution in [0.3, 0.4) is 0 Å². The molecule has 0 unspecified atom stereocenters. The number of nitriles is 1. The minimum atomic E-state index is -0.705. The van der Waals surface area contributed by atoms with Crippen LogP contribution in [-0.2, 0) is 20.6 Å². The van der Waals surface area contributed by atoms with Gasteiger partial charge < -0.3 is 5.32 Å². The molecule has 0 saturated heterocycles. The number of carbonyl (C=O) groups is 1. The summed E-state index contributed by atoms with van der Waals surface area (Å²) in [5, 5.41) is 11.7. The Morgan fingerprint density at radius 3 is 2.43 bits per heavy atom. The minimum Gasteiger partial charge on any atom is -0.367 e. The van der Waals surface area contributed by atoms with Crippen LogP contribution in [0.2, 0.25) is 0 Å². The van der Waals surface area contributed by atoms with Gasteiger partial charge in [-0.3, -0.25) is 18.7 Å². The Balaban J connectivity index is 2.52. The number of benzene rings is 1. The largest absolute Gasteiger partial charge is 0.367 e. The van der Waals surface area contributed by atoms with Crippen molar-refractivity contribution < 1.29 is 4.79 Å². The lowest BCUT2D eigenvalue weighted by molar-refractivity contribution is 0.0995. The highest BCUT2D eigenvalue weighted by Gasteiger charge is 2.21. The molecule has 118 valence electrons. The van der Waals surface area contributed by atoms with Gasteiger partial charge in [0.25, 0.3) is 5.56 Å². The quantitative estimate of drug-likeness (QED) is 0.823. The first kappa shape index (κ1) is 16.2. The van der Waals surface area contributed by atoms with Crippen LogP contribution in [0.15, 0.2) is 39.9 Å². The predicted molar refractivity (Wildman–Crippen MR) is 85.3 cm³/mol. The molecule has 1 heterocycles. The van der Waals surface area contributed by atoms with Crippen molar-refractivity contribution >= 4 is 11.6 Å². The Kier molecular flexibility index (Phi) is 4.76. The highest BCUT2D eigenvalue weighted by Crippen LogP contribution is 2.12. The first-order valence-electron chi connectivity index (χ1n) is 6.95. The van der Waals surface area contributed by atoms with E-state index in [4.69, 9.17) is 5.26 Å². The van der Waals surface area contributed by atoms with Gasteiger partial charge in [-0.2, -0.15) is 5.26 Å². The number of carbonyl (C=O) groups excluding carboxylic acids is 1.